The number of thiazole rings is 1. The van der Waals surface area contributed by atoms with Crippen molar-refractivity contribution in [2.45, 2.75) is 17.7 Å². The minimum absolute atomic E-state index is 1.11. The molecule has 1 nitrogen and oxygen atoms in total. The van der Waals surface area contributed by atoms with Gasteiger partial charge in [0.1, 0.15) is 0 Å². The second-order valence-electron chi connectivity index (χ2n) is 2.99. The van der Waals surface area contributed by atoms with Gasteiger partial charge in [0.15, 0.2) is 4.34 Å². The second-order valence-corrected chi connectivity index (χ2v) is 10.2. The zero-order valence-corrected chi connectivity index (χ0v) is 12.8. The van der Waals surface area contributed by atoms with Crippen molar-refractivity contribution in [3.8, 4) is 0 Å². The molecule has 1 aromatic heterocycles. The Bertz CT molecular complexity index is 408. The van der Waals surface area contributed by atoms with Gasteiger partial charge >= 0.3 is 0 Å². The molecule has 0 amide bonds. The van der Waals surface area contributed by atoms with Gasteiger partial charge < -0.3 is 0 Å². The molecule has 0 aliphatic carbocycles. The Kier molecular flexibility index (Phi) is 5.71. The quantitative estimate of drug-likeness (QED) is 0.497. The van der Waals surface area contributed by atoms with E-state index < -0.39 is 0 Å². The van der Waals surface area contributed by atoms with E-state index in [2.05, 4.69) is 30.1 Å². The second kappa shape index (κ2) is 7.06. The fourth-order valence-corrected chi connectivity index (χ4v) is 8.46. The number of nitrogens with zero attached hydrogens (tertiary/aromatic N) is 1. The van der Waals surface area contributed by atoms with Gasteiger partial charge in [-0.2, -0.15) is 0 Å². The van der Waals surface area contributed by atoms with Crippen LogP contribution < -0.4 is 0 Å². The van der Waals surface area contributed by atoms with Crippen LogP contribution in [0.4, 0.5) is 0 Å². The molecule has 0 N–H and O–H groups in total. The van der Waals surface area contributed by atoms with Gasteiger partial charge in [-0.3, -0.25) is 0 Å². The summed E-state index contributed by atoms with van der Waals surface area (Å²) in [6.07, 6.45) is 1.24. The van der Waals surface area contributed by atoms with Crippen molar-refractivity contribution < 1.29 is 0 Å². The maximum absolute atomic E-state index is 4.57. The molecule has 16 heavy (non-hydrogen) atoms. The highest BCUT2D eigenvalue weighted by molar-refractivity contribution is 9.26. The third-order valence-corrected chi connectivity index (χ3v) is 9.53. The summed E-state index contributed by atoms with van der Waals surface area (Å²) in [4.78, 5) is 4.57. The van der Waals surface area contributed by atoms with Crippen molar-refractivity contribution in [1.82, 2.24) is 4.98 Å². The Balaban J connectivity index is 1.85. The summed E-state index contributed by atoms with van der Waals surface area (Å²) in [6.45, 7) is 2.21. The lowest BCUT2D eigenvalue weighted by molar-refractivity contribution is 1.11. The number of benzene rings is 1. The Morgan fingerprint density at radius 3 is 2.94 bits per heavy atom. The summed E-state index contributed by atoms with van der Waals surface area (Å²) in [6, 6.07) is 8.30. The van der Waals surface area contributed by atoms with Crippen molar-refractivity contribution in [3.05, 3.63) is 24.3 Å². The number of fused-ring (bicyclic) bond motifs is 1. The Hall–Kier alpha value is 0.510. The van der Waals surface area contributed by atoms with E-state index in [1.54, 1.807) is 32.0 Å². The van der Waals surface area contributed by atoms with Gasteiger partial charge in [0, 0.05) is 5.75 Å². The van der Waals surface area contributed by atoms with E-state index in [1.807, 2.05) is 26.7 Å². The van der Waals surface area contributed by atoms with E-state index >= 15 is 0 Å². The van der Waals surface area contributed by atoms with E-state index in [9.17, 15) is 0 Å². The summed E-state index contributed by atoms with van der Waals surface area (Å²) in [5.41, 5.74) is 1.11. The molecule has 0 unspecified atom stereocenters. The Morgan fingerprint density at radius 2 is 2.12 bits per heavy atom. The fourth-order valence-electron chi connectivity index (χ4n) is 1.07. The first-order chi connectivity index (χ1) is 7.90. The highest BCUT2D eigenvalue weighted by Gasteiger charge is 2.04. The molecule has 0 saturated carbocycles. The largest absolute Gasteiger partial charge is 0.229 e. The Labute approximate surface area is 115 Å². The molecule has 6 heteroatoms. The molecule has 0 spiro atoms. The molecule has 0 atom stereocenters. The van der Waals surface area contributed by atoms with Crippen molar-refractivity contribution in [2.75, 3.05) is 5.75 Å². The van der Waals surface area contributed by atoms with Crippen LogP contribution >= 0.6 is 52.6 Å². The van der Waals surface area contributed by atoms with E-state index in [0.717, 1.165) is 9.86 Å². The van der Waals surface area contributed by atoms with Gasteiger partial charge in [0.25, 0.3) is 0 Å². The van der Waals surface area contributed by atoms with Crippen molar-refractivity contribution >= 4 is 62.8 Å². The molecule has 0 bridgehead atoms. The average Bonchev–Trinajstić information content (AvgIpc) is 2.71. The summed E-state index contributed by atoms with van der Waals surface area (Å²) < 4.78 is 2.42. The lowest BCUT2D eigenvalue weighted by atomic mass is 10.3. The van der Waals surface area contributed by atoms with Crippen molar-refractivity contribution in [2.24, 2.45) is 0 Å². The van der Waals surface area contributed by atoms with Gasteiger partial charge in [-0.25, -0.2) is 4.98 Å². The predicted octanol–water partition coefficient (Wildman–Crippen LogP) is 5.74. The van der Waals surface area contributed by atoms with Crippen LogP contribution in [0.25, 0.3) is 10.2 Å². The molecule has 2 rings (SSSR count). The lowest BCUT2D eigenvalue weighted by Gasteiger charge is -1.94. The van der Waals surface area contributed by atoms with Crippen LogP contribution in [0, 0.1) is 0 Å². The minimum Gasteiger partial charge on any atom is -0.229 e. The number of aromatic nitrogens is 1. The van der Waals surface area contributed by atoms with Crippen LogP contribution in [0.5, 0.6) is 0 Å². The van der Waals surface area contributed by atoms with E-state index in [1.165, 1.54) is 16.9 Å². The predicted molar refractivity (Wildman–Crippen MR) is 83.4 cm³/mol. The average molecular weight is 306 g/mol. The highest BCUT2D eigenvalue weighted by atomic mass is 33.7. The monoisotopic (exact) mass is 305 g/mol. The van der Waals surface area contributed by atoms with Crippen LogP contribution in [0.2, 0.25) is 0 Å². The molecule has 0 aliphatic rings. The van der Waals surface area contributed by atoms with Gasteiger partial charge in [0.2, 0.25) is 0 Å². The summed E-state index contributed by atoms with van der Waals surface area (Å²) in [5, 5.41) is 0. The van der Waals surface area contributed by atoms with Crippen LogP contribution in [0.15, 0.2) is 28.6 Å². The smallest absolute Gasteiger partial charge is 0.162 e. The van der Waals surface area contributed by atoms with Crippen LogP contribution in [0.3, 0.4) is 0 Å². The maximum atomic E-state index is 4.57. The number of hydrogen-bond acceptors (Lipinski definition) is 6. The molecule has 1 heterocycles. The first-order valence-electron chi connectivity index (χ1n) is 4.88. The molecule has 0 radical (unpaired) electrons. The SMILES string of the molecule is CCCSSSSc1nc2ccccc2s1. The molecule has 0 aliphatic heterocycles. The summed E-state index contributed by atoms with van der Waals surface area (Å²) >= 11 is 1.77. The molecular formula is C10H11NS5. The summed E-state index contributed by atoms with van der Waals surface area (Å²) in [5.74, 6) is 1.22. The van der Waals surface area contributed by atoms with E-state index in [0.29, 0.717) is 0 Å². The molecule has 0 fully saturated rings. The topological polar surface area (TPSA) is 12.9 Å². The maximum Gasteiger partial charge on any atom is 0.162 e. The summed E-state index contributed by atoms with van der Waals surface area (Å²) in [7, 11) is 7.33. The van der Waals surface area contributed by atoms with Gasteiger partial charge in [-0.05, 0) is 49.0 Å². The number of hydrogen-bond donors (Lipinski definition) is 0. The first-order valence-corrected chi connectivity index (χ1v) is 10.7. The molecule has 86 valence electrons. The first kappa shape index (κ1) is 13.0. The highest BCUT2D eigenvalue weighted by Crippen LogP contribution is 2.48. The number of para-hydroxylation sites is 1. The molecular weight excluding hydrogens is 294 g/mol. The van der Waals surface area contributed by atoms with Gasteiger partial charge in [-0.1, -0.05) is 29.9 Å². The van der Waals surface area contributed by atoms with Crippen LogP contribution in [0.1, 0.15) is 13.3 Å². The third kappa shape index (κ3) is 3.77. The van der Waals surface area contributed by atoms with Gasteiger partial charge in [0.05, 0.1) is 10.2 Å². The van der Waals surface area contributed by atoms with Crippen molar-refractivity contribution in [3.63, 3.8) is 0 Å². The van der Waals surface area contributed by atoms with Crippen molar-refractivity contribution in [1.29, 1.82) is 0 Å². The fraction of sp³-hybridized carbons (Fsp3) is 0.300. The third-order valence-electron chi connectivity index (χ3n) is 1.74. The van der Waals surface area contributed by atoms with Gasteiger partial charge in [-0.15, -0.1) is 11.3 Å². The minimum atomic E-state index is 1.11. The Morgan fingerprint density at radius 1 is 1.25 bits per heavy atom. The molecule has 2 aromatic rings. The zero-order valence-electron chi connectivity index (χ0n) is 8.71. The van der Waals surface area contributed by atoms with Crippen LogP contribution in [-0.4, -0.2) is 10.7 Å². The molecule has 0 saturated heterocycles. The number of rotatable bonds is 6. The zero-order chi connectivity index (χ0) is 11.2. The normalized spacial score (nSPS) is 11.1. The molecule has 1 aromatic carbocycles. The van der Waals surface area contributed by atoms with Crippen LogP contribution in [-0.2, 0) is 0 Å². The standard InChI is InChI=1S/C10H11NS5/c1-2-7-12-15-16-14-10-11-8-5-3-4-6-9(8)13-10/h3-6H,2,7H2,1H3. The lowest BCUT2D eigenvalue weighted by Crippen LogP contribution is -1.65. The van der Waals surface area contributed by atoms with E-state index in [-0.39, 0.29) is 0 Å². The van der Waals surface area contributed by atoms with E-state index in [4.69, 9.17) is 0 Å².